The van der Waals surface area contributed by atoms with E-state index in [2.05, 4.69) is 71.5 Å². The number of nitrogens with one attached hydrogen (secondary N) is 1. The van der Waals surface area contributed by atoms with Crippen molar-refractivity contribution >= 4 is 37.8 Å². The largest absolute Gasteiger partial charge is 0.476 e. The topological polar surface area (TPSA) is 88.1 Å². The van der Waals surface area contributed by atoms with Crippen molar-refractivity contribution in [2.24, 2.45) is 0 Å². The average Bonchev–Trinajstić information content (AvgIpc) is 3.03. The van der Waals surface area contributed by atoms with Crippen molar-refractivity contribution in [3.63, 3.8) is 0 Å². The van der Waals surface area contributed by atoms with E-state index in [1.165, 1.54) is 12.0 Å². The van der Waals surface area contributed by atoms with E-state index in [1.54, 1.807) is 12.1 Å². The van der Waals surface area contributed by atoms with Crippen molar-refractivity contribution < 1.29 is 14.6 Å². The first-order valence-corrected chi connectivity index (χ1v) is 9.60. The maximum absolute atomic E-state index is 11.0. The SMILES string of the molecule is O=C(O)c1[nH]nnc1Oc1ccc(-c2ccc(C3CC3(P)I)cc2)cc1. The van der Waals surface area contributed by atoms with Crippen molar-refractivity contribution in [1.29, 1.82) is 0 Å². The number of benzene rings is 2. The number of aromatic nitrogens is 3. The summed E-state index contributed by atoms with van der Waals surface area (Å²) in [6, 6.07) is 16.0. The third-order valence-electron chi connectivity index (χ3n) is 4.38. The van der Waals surface area contributed by atoms with Gasteiger partial charge in [-0.25, -0.2) is 9.89 Å². The molecule has 132 valence electrons. The van der Waals surface area contributed by atoms with Gasteiger partial charge in [-0.3, -0.25) is 0 Å². The molecule has 0 spiro atoms. The van der Waals surface area contributed by atoms with Gasteiger partial charge in [0.05, 0.1) is 0 Å². The van der Waals surface area contributed by atoms with Crippen LogP contribution >= 0.6 is 31.8 Å². The van der Waals surface area contributed by atoms with Gasteiger partial charge in [0.15, 0.2) is 0 Å². The maximum Gasteiger partial charge on any atom is 0.359 e. The molecule has 4 rings (SSSR count). The smallest absolute Gasteiger partial charge is 0.359 e. The van der Waals surface area contributed by atoms with Crippen LogP contribution in [0.4, 0.5) is 0 Å². The number of aromatic carboxylic acids is 1. The number of alkyl halides is 1. The molecule has 0 radical (unpaired) electrons. The Kier molecular flexibility index (Phi) is 4.44. The van der Waals surface area contributed by atoms with Crippen molar-refractivity contribution in [3.8, 4) is 22.8 Å². The van der Waals surface area contributed by atoms with E-state index in [0.29, 0.717) is 14.8 Å². The lowest BCUT2D eigenvalue weighted by molar-refractivity contribution is 0.0687. The zero-order valence-corrected chi connectivity index (χ0v) is 16.8. The van der Waals surface area contributed by atoms with Crippen molar-refractivity contribution in [2.75, 3.05) is 0 Å². The number of carbonyl (C=O) groups is 1. The number of aromatic amines is 1. The van der Waals surface area contributed by atoms with E-state index in [1.807, 2.05) is 12.1 Å². The number of carboxylic acids is 1. The van der Waals surface area contributed by atoms with Gasteiger partial charge < -0.3 is 9.84 Å². The van der Waals surface area contributed by atoms with Crippen LogP contribution in [0.1, 0.15) is 28.4 Å². The van der Waals surface area contributed by atoms with Crippen LogP contribution in [0.5, 0.6) is 11.6 Å². The molecule has 1 saturated carbocycles. The molecule has 2 N–H and O–H groups in total. The monoisotopic (exact) mass is 479 g/mol. The normalized spacial score (nSPS) is 21.4. The lowest BCUT2D eigenvalue weighted by atomic mass is 10.0. The number of nitrogens with zero attached hydrogens (tertiary/aromatic N) is 2. The van der Waals surface area contributed by atoms with Crippen LogP contribution in [0.15, 0.2) is 48.5 Å². The molecule has 0 aliphatic heterocycles. The molecule has 3 aromatic rings. The molecule has 0 bridgehead atoms. The molecule has 3 atom stereocenters. The van der Waals surface area contributed by atoms with Crippen LogP contribution in [0.25, 0.3) is 11.1 Å². The third-order valence-corrected chi connectivity index (χ3v) is 6.21. The predicted octanol–water partition coefficient (Wildman–Crippen LogP) is 4.46. The number of hydrogen-bond donors (Lipinski definition) is 2. The summed E-state index contributed by atoms with van der Waals surface area (Å²) in [6.45, 7) is 0. The molecule has 1 fully saturated rings. The predicted molar refractivity (Wildman–Crippen MR) is 109 cm³/mol. The summed E-state index contributed by atoms with van der Waals surface area (Å²) in [5, 5.41) is 18.4. The Morgan fingerprint density at radius 3 is 2.31 bits per heavy atom. The molecule has 26 heavy (non-hydrogen) atoms. The highest BCUT2D eigenvalue weighted by atomic mass is 127. The van der Waals surface area contributed by atoms with Gasteiger partial charge in [-0.2, -0.15) is 0 Å². The minimum Gasteiger partial charge on any atom is -0.476 e. The van der Waals surface area contributed by atoms with Gasteiger partial charge in [-0.05, 0) is 35.2 Å². The summed E-state index contributed by atoms with van der Waals surface area (Å²) in [5.74, 6) is -0.113. The quantitative estimate of drug-likeness (QED) is 0.321. The van der Waals surface area contributed by atoms with Gasteiger partial charge in [0.1, 0.15) is 5.75 Å². The summed E-state index contributed by atoms with van der Waals surface area (Å²) in [6.07, 6.45) is 1.20. The van der Waals surface area contributed by atoms with Crippen LogP contribution in [0.2, 0.25) is 0 Å². The van der Waals surface area contributed by atoms with E-state index >= 15 is 0 Å². The first-order chi connectivity index (χ1) is 12.4. The fourth-order valence-electron chi connectivity index (χ4n) is 2.81. The summed E-state index contributed by atoms with van der Waals surface area (Å²) in [5.41, 5.74) is 3.37. The van der Waals surface area contributed by atoms with E-state index in [9.17, 15) is 4.79 Å². The zero-order valence-electron chi connectivity index (χ0n) is 13.5. The minimum absolute atomic E-state index is 0.0567. The average molecular weight is 479 g/mol. The molecule has 1 heterocycles. The number of carboxylic acid groups (broad SMARTS) is 1. The minimum atomic E-state index is -1.17. The second kappa shape index (κ2) is 6.63. The Hall–Kier alpha value is -1.99. The van der Waals surface area contributed by atoms with Gasteiger partial charge in [0, 0.05) is 9.08 Å². The van der Waals surface area contributed by atoms with Crippen LogP contribution in [-0.2, 0) is 0 Å². The van der Waals surface area contributed by atoms with E-state index in [4.69, 9.17) is 9.84 Å². The van der Waals surface area contributed by atoms with Crippen LogP contribution in [-0.4, -0.2) is 29.6 Å². The van der Waals surface area contributed by atoms with Gasteiger partial charge in [0.25, 0.3) is 5.88 Å². The Labute approximate surface area is 165 Å². The number of hydrogen-bond acceptors (Lipinski definition) is 4. The lowest BCUT2D eigenvalue weighted by Gasteiger charge is -2.07. The lowest BCUT2D eigenvalue weighted by Crippen LogP contribution is -1.99. The highest BCUT2D eigenvalue weighted by molar-refractivity contribution is 14.1. The summed E-state index contributed by atoms with van der Waals surface area (Å²) in [4.78, 5) is 11.0. The number of H-pyrrole nitrogens is 1. The van der Waals surface area contributed by atoms with Crippen LogP contribution in [0.3, 0.4) is 0 Å². The van der Waals surface area contributed by atoms with Gasteiger partial charge in [-0.15, -0.1) is 9.24 Å². The van der Waals surface area contributed by atoms with Crippen molar-refractivity contribution in [2.45, 2.75) is 15.5 Å². The molecule has 6 nitrogen and oxygen atoms in total. The van der Waals surface area contributed by atoms with Crippen LogP contribution in [0, 0.1) is 0 Å². The highest BCUT2D eigenvalue weighted by Crippen LogP contribution is 2.62. The summed E-state index contributed by atoms with van der Waals surface area (Å²) in [7, 11) is 2.93. The first-order valence-electron chi connectivity index (χ1n) is 7.94. The standard InChI is InChI=1S/C18H15IN3O3P/c19-18(26)9-14(18)12-3-1-10(2-4-12)11-5-7-13(8-6-11)25-16-15(17(23)24)20-22-21-16/h1-8,14H,9,26H2,(H,23,24)(H,20,21,22). The fourth-order valence-corrected chi connectivity index (χ4v) is 4.04. The molecule has 0 amide bonds. The first kappa shape index (κ1) is 17.4. The van der Waals surface area contributed by atoms with Crippen molar-refractivity contribution in [3.05, 3.63) is 59.8 Å². The second-order valence-electron chi connectivity index (χ2n) is 6.23. The van der Waals surface area contributed by atoms with Gasteiger partial charge in [0.2, 0.25) is 5.69 Å². The molecule has 2 aromatic carbocycles. The molecule has 1 aliphatic carbocycles. The van der Waals surface area contributed by atoms with E-state index in [0.717, 1.165) is 11.1 Å². The van der Waals surface area contributed by atoms with Gasteiger partial charge in [-0.1, -0.05) is 69.3 Å². The zero-order chi connectivity index (χ0) is 18.3. The summed E-state index contributed by atoms with van der Waals surface area (Å²) >= 11 is 2.49. The second-order valence-corrected chi connectivity index (χ2v) is 10.4. The Morgan fingerprint density at radius 2 is 1.77 bits per heavy atom. The molecular formula is C18H15IN3O3P. The van der Waals surface area contributed by atoms with E-state index < -0.39 is 5.97 Å². The molecule has 8 heteroatoms. The number of halogens is 1. The number of rotatable bonds is 5. The third kappa shape index (κ3) is 3.46. The Bertz CT molecular complexity index is 955. The van der Waals surface area contributed by atoms with Gasteiger partial charge >= 0.3 is 5.97 Å². The Morgan fingerprint density at radius 1 is 1.19 bits per heavy atom. The molecule has 3 unspecified atom stereocenters. The van der Waals surface area contributed by atoms with E-state index in [-0.39, 0.29) is 11.6 Å². The fraction of sp³-hybridized carbons (Fsp3) is 0.167. The number of ether oxygens (including phenoxy) is 1. The molecular weight excluding hydrogens is 464 g/mol. The molecule has 1 aliphatic rings. The Balaban J connectivity index is 1.49. The highest BCUT2D eigenvalue weighted by Gasteiger charge is 2.48. The van der Waals surface area contributed by atoms with Crippen molar-refractivity contribution in [1.82, 2.24) is 15.4 Å². The maximum atomic E-state index is 11.0. The molecule has 0 saturated heterocycles. The summed E-state index contributed by atoms with van der Waals surface area (Å²) < 4.78 is 5.81. The molecule has 1 aromatic heterocycles. The van der Waals surface area contributed by atoms with Crippen LogP contribution < -0.4 is 4.74 Å².